The number of rotatable bonds is 7. The van der Waals surface area contributed by atoms with Crippen LogP contribution < -0.4 is 10.3 Å². The minimum absolute atomic E-state index is 0.810. The standard InChI is InChI=1S/C26H23N3/c1-4-10-22(11-5-1)20-27-24-18-16-23(17-19-24)21-28-29(25-12-6-2-7-13-25)26-14-8-3-9-15-26/h1-19,21,27H,20H2. The Morgan fingerprint density at radius 1 is 0.621 bits per heavy atom. The lowest BCUT2D eigenvalue weighted by Gasteiger charge is -2.19. The van der Waals surface area contributed by atoms with Gasteiger partial charge >= 0.3 is 0 Å². The predicted octanol–water partition coefficient (Wildman–Crippen LogP) is 6.47. The molecule has 4 aromatic carbocycles. The molecule has 0 saturated carbocycles. The summed E-state index contributed by atoms with van der Waals surface area (Å²) in [5, 5.41) is 10.1. The van der Waals surface area contributed by atoms with Gasteiger partial charge in [0.1, 0.15) is 0 Å². The molecule has 1 N–H and O–H groups in total. The van der Waals surface area contributed by atoms with Gasteiger partial charge in [-0.25, -0.2) is 5.01 Å². The van der Waals surface area contributed by atoms with Crippen molar-refractivity contribution in [1.82, 2.24) is 0 Å². The van der Waals surface area contributed by atoms with Gasteiger partial charge in [-0.1, -0.05) is 78.9 Å². The molecule has 0 amide bonds. The van der Waals surface area contributed by atoms with Crippen LogP contribution in [-0.4, -0.2) is 6.21 Å². The highest BCUT2D eigenvalue weighted by Crippen LogP contribution is 2.25. The molecule has 0 saturated heterocycles. The van der Waals surface area contributed by atoms with E-state index in [4.69, 9.17) is 5.10 Å². The molecule has 29 heavy (non-hydrogen) atoms. The first kappa shape index (κ1) is 18.5. The fourth-order valence-corrected chi connectivity index (χ4v) is 3.03. The summed E-state index contributed by atoms with van der Waals surface area (Å²) >= 11 is 0. The zero-order valence-electron chi connectivity index (χ0n) is 16.1. The van der Waals surface area contributed by atoms with Crippen molar-refractivity contribution in [2.75, 3.05) is 10.3 Å². The van der Waals surface area contributed by atoms with Gasteiger partial charge in [0.05, 0.1) is 17.6 Å². The Bertz CT molecular complexity index is 988. The smallest absolute Gasteiger partial charge is 0.0652 e. The van der Waals surface area contributed by atoms with Gasteiger partial charge in [-0.05, 0) is 47.5 Å². The molecule has 0 aliphatic heterocycles. The highest BCUT2D eigenvalue weighted by atomic mass is 15.5. The molecule has 0 aromatic heterocycles. The molecule has 3 nitrogen and oxygen atoms in total. The van der Waals surface area contributed by atoms with E-state index >= 15 is 0 Å². The number of hydrazone groups is 1. The fraction of sp³-hybridized carbons (Fsp3) is 0.0385. The van der Waals surface area contributed by atoms with Gasteiger partial charge in [0, 0.05) is 12.2 Å². The van der Waals surface area contributed by atoms with Crippen LogP contribution in [0.3, 0.4) is 0 Å². The number of benzene rings is 4. The predicted molar refractivity (Wildman–Crippen MR) is 123 cm³/mol. The molecule has 4 rings (SSSR count). The molecule has 4 aromatic rings. The van der Waals surface area contributed by atoms with Crippen molar-refractivity contribution >= 4 is 23.3 Å². The number of hydrogen-bond donors (Lipinski definition) is 1. The molecule has 0 fully saturated rings. The van der Waals surface area contributed by atoms with E-state index in [1.165, 1.54) is 5.56 Å². The summed E-state index contributed by atoms with van der Waals surface area (Å²) in [6.07, 6.45) is 1.89. The normalized spacial score (nSPS) is 10.8. The summed E-state index contributed by atoms with van der Waals surface area (Å²) in [7, 11) is 0. The van der Waals surface area contributed by atoms with Crippen LogP contribution >= 0.6 is 0 Å². The highest BCUT2D eigenvalue weighted by Gasteiger charge is 2.06. The Morgan fingerprint density at radius 2 is 1.14 bits per heavy atom. The zero-order chi connectivity index (χ0) is 19.7. The SMILES string of the molecule is C(=NN(c1ccccc1)c1ccccc1)c1ccc(NCc2ccccc2)cc1. The first-order chi connectivity index (χ1) is 14.4. The summed E-state index contributed by atoms with van der Waals surface area (Å²) in [5.74, 6) is 0. The number of nitrogens with zero attached hydrogens (tertiary/aromatic N) is 2. The van der Waals surface area contributed by atoms with Gasteiger partial charge in [-0.2, -0.15) is 5.10 Å². The van der Waals surface area contributed by atoms with E-state index in [1.807, 2.05) is 53.7 Å². The van der Waals surface area contributed by atoms with E-state index in [-0.39, 0.29) is 0 Å². The van der Waals surface area contributed by atoms with E-state index in [0.29, 0.717) is 0 Å². The Morgan fingerprint density at radius 3 is 1.69 bits per heavy atom. The van der Waals surface area contributed by atoms with Gasteiger partial charge in [0.25, 0.3) is 0 Å². The van der Waals surface area contributed by atoms with Crippen LogP contribution in [0.15, 0.2) is 120 Å². The molecule has 0 atom stereocenters. The van der Waals surface area contributed by atoms with Crippen molar-refractivity contribution in [3.8, 4) is 0 Å². The number of anilines is 3. The van der Waals surface area contributed by atoms with Crippen molar-refractivity contribution in [1.29, 1.82) is 0 Å². The Hall–Kier alpha value is -3.85. The van der Waals surface area contributed by atoms with Crippen LogP contribution in [0, 0.1) is 0 Å². The van der Waals surface area contributed by atoms with Crippen molar-refractivity contribution in [2.45, 2.75) is 6.54 Å². The first-order valence-electron chi connectivity index (χ1n) is 9.70. The first-order valence-corrected chi connectivity index (χ1v) is 9.70. The lowest BCUT2D eigenvalue weighted by Crippen LogP contribution is -2.09. The van der Waals surface area contributed by atoms with Gasteiger partial charge in [0.2, 0.25) is 0 Å². The zero-order valence-corrected chi connectivity index (χ0v) is 16.1. The molecule has 142 valence electrons. The van der Waals surface area contributed by atoms with Crippen molar-refractivity contribution in [2.24, 2.45) is 5.10 Å². The lowest BCUT2D eigenvalue weighted by atomic mass is 10.2. The maximum Gasteiger partial charge on any atom is 0.0652 e. The Balaban J connectivity index is 1.47. The quantitative estimate of drug-likeness (QED) is 0.295. The maximum absolute atomic E-state index is 4.75. The average molecular weight is 377 g/mol. The molecule has 0 bridgehead atoms. The van der Waals surface area contributed by atoms with E-state index in [1.54, 1.807) is 0 Å². The summed E-state index contributed by atoms with van der Waals surface area (Å²) in [4.78, 5) is 0. The largest absolute Gasteiger partial charge is 0.381 e. The minimum atomic E-state index is 0.810. The molecule has 0 heterocycles. The van der Waals surface area contributed by atoms with Crippen molar-refractivity contribution in [3.05, 3.63) is 126 Å². The maximum atomic E-state index is 4.75. The topological polar surface area (TPSA) is 27.6 Å². The molecule has 0 aliphatic carbocycles. The van der Waals surface area contributed by atoms with Crippen LogP contribution in [0.4, 0.5) is 17.1 Å². The third-order valence-corrected chi connectivity index (χ3v) is 4.57. The van der Waals surface area contributed by atoms with Gasteiger partial charge in [-0.15, -0.1) is 0 Å². The number of para-hydroxylation sites is 2. The molecular weight excluding hydrogens is 354 g/mol. The summed E-state index contributed by atoms with van der Waals surface area (Å²) in [6, 6.07) is 39.0. The number of hydrogen-bond acceptors (Lipinski definition) is 3. The molecule has 0 aliphatic rings. The number of nitrogens with one attached hydrogen (secondary N) is 1. The summed E-state index contributed by atoms with van der Waals surface area (Å²) in [5.41, 5.74) is 5.45. The summed E-state index contributed by atoms with van der Waals surface area (Å²) in [6.45, 7) is 0.810. The van der Waals surface area contributed by atoms with Crippen LogP contribution in [0.5, 0.6) is 0 Å². The van der Waals surface area contributed by atoms with Gasteiger partial charge in [-0.3, -0.25) is 0 Å². The third kappa shape index (κ3) is 5.11. The Kier molecular flexibility index (Phi) is 5.99. The second-order valence-electron chi connectivity index (χ2n) is 6.69. The van der Waals surface area contributed by atoms with E-state index in [2.05, 4.69) is 78.1 Å². The monoisotopic (exact) mass is 377 g/mol. The van der Waals surface area contributed by atoms with E-state index in [9.17, 15) is 0 Å². The van der Waals surface area contributed by atoms with Crippen LogP contribution in [0.1, 0.15) is 11.1 Å². The fourth-order valence-electron chi connectivity index (χ4n) is 3.03. The minimum Gasteiger partial charge on any atom is -0.381 e. The molecule has 0 unspecified atom stereocenters. The van der Waals surface area contributed by atoms with Gasteiger partial charge in [0.15, 0.2) is 0 Å². The van der Waals surface area contributed by atoms with E-state index < -0.39 is 0 Å². The molecule has 0 spiro atoms. The van der Waals surface area contributed by atoms with Crippen LogP contribution in [-0.2, 0) is 6.54 Å². The average Bonchev–Trinajstić information content (AvgIpc) is 2.81. The van der Waals surface area contributed by atoms with E-state index in [0.717, 1.165) is 29.2 Å². The molecular formula is C26H23N3. The second-order valence-corrected chi connectivity index (χ2v) is 6.69. The van der Waals surface area contributed by atoms with Crippen LogP contribution in [0.25, 0.3) is 0 Å². The highest BCUT2D eigenvalue weighted by molar-refractivity contribution is 5.82. The lowest BCUT2D eigenvalue weighted by molar-refractivity contribution is 1.09. The molecule has 0 radical (unpaired) electrons. The molecule has 3 heteroatoms. The van der Waals surface area contributed by atoms with Crippen molar-refractivity contribution < 1.29 is 0 Å². The van der Waals surface area contributed by atoms with Gasteiger partial charge < -0.3 is 5.32 Å². The Labute approximate surface area is 172 Å². The van der Waals surface area contributed by atoms with Crippen molar-refractivity contribution in [3.63, 3.8) is 0 Å². The van der Waals surface area contributed by atoms with Crippen LogP contribution in [0.2, 0.25) is 0 Å². The second kappa shape index (κ2) is 9.38. The summed E-state index contributed by atoms with van der Waals surface area (Å²) < 4.78 is 0. The third-order valence-electron chi connectivity index (χ3n) is 4.57.